The zero-order valence-corrected chi connectivity index (χ0v) is 27.8. The first-order chi connectivity index (χ1) is 18.6. The predicted octanol–water partition coefficient (Wildman–Crippen LogP) is 7.77. The van der Waals surface area contributed by atoms with Crippen molar-refractivity contribution in [1.82, 2.24) is 0 Å². The van der Waals surface area contributed by atoms with E-state index in [1.165, 1.54) is 7.14 Å². The third kappa shape index (κ3) is 23.2. The van der Waals surface area contributed by atoms with E-state index in [-0.39, 0.29) is 6.61 Å². The number of benzene rings is 2. The van der Waals surface area contributed by atoms with Gasteiger partial charge >= 0.3 is 0 Å². The minimum Gasteiger partial charge on any atom is -0.487 e. The monoisotopic (exact) mass is 758 g/mol. The van der Waals surface area contributed by atoms with E-state index in [4.69, 9.17) is 28.8 Å². The smallest absolute Gasteiger partial charge is 0.161 e. The summed E-state index contributed by atoms with van der Waals surface area (Å²) in [7, 11) is 0. The molecule has 38 heavy (non-hydrogen) atoms. The highest BCUT2D eigenvalue weighted by Gasteiger charge is 2.04. The Balaban J connectivity index is 0.000000694. The van der Waals surface area contributed by atoms with Gasteiger partial charge in [-0.1, -0.05) is 64.3 Å². The van der Waals surface area contributed by atoms with Crippen molar-refractivity contribution in [1.29, 1.82) is 0 Å². The van der Waals surface area contributed by atoms with E-state index in [0.29, 0.717) is 33.0 Å². The lowest BCUT2D eigenvalue weighted by Gasteiger charge is -2.13. The number of para-hydroxylation sites is 2. The molecule has 0 saturated carbocycles. The lowest BCUT2D eigenvalue weighted by molar-refractivity contribution is 0.0892. The van der Waals surface area contributed by atoms with Gasteiger partial charge in [0.05, 0.1) is 26.4 Å². The van der Waals surface area contributed by atoms with Gasteiger partial charge in [0, 0.05) is 27.0 Å². The molecule has 0 unspecified atom stereocenters. The molecule has 8 heteroatoms. The van der Waals surface area contributed by atoms with E-state index in [2.05, 4.69) is 78.1 Å². The molecule has 0 radical (unpaired) electrons. The fraction of sp³-hybridized carbons (Fsp3) is 0.600. The second-order valence-electron chi connectivity index (χ2n) is 8.18. The van der Waals surface area contributed by atoms with E-state index >= 15 is 0 Å². The highest BCUT2D eigenvalue weighted by molar-refractivity contribution is 14.1. The van der Waals surface area contributed by atoms with Crippen molar-refractivity contribution < 1.29 is 28.8 Å². The Labute approximate surface area is 258 Å². The maximum absolute atomic E-state index is 8.24. The lowest BCUT2D eigenvalue weighted by Crippen LogP contribution is -2.10. The Morgan fingerprint density at radius 3 is 1.24 bits per heavy atom. The summed E-state index contributed by atoms with van der Waals surface area (Å²) in [5, 5.41) is 8.24. The third-order valence-electron chi connectivity index (χ3n) is 4.81. The minimum atomic E-state index is 0.143. The van der Waals surface area contributed by atoms with Crippen LogP contribution in [0.3, 0.4) is 0 Å². The molecule has 0 saturated heterocycles. The second-order valence-corrected chi connectivity index (χ2v) is 10.5. The number of hydrogen-bond donors (Lipinski definition) is 1. The number of hydrogen-bond acceptors (Lipinski definition) is 6. The largest absolute Gasteiger partial charge is 0.487 e. The van der Waals surface area contributed by atoms with Gasteiger partial charge in [0.1, 0.15) is 13.2 Å². The van der Waals surface area contributed by atoms with Crippen molar-refractivity contribution >= 4 is 45.2 Å². The summed E-state index contributed by atoms with van der Waals surface area (Å²) < 4.78 is 30.0. The van der Waals surface area contributed by atoms with Crippen molar-refractivity contribution in [2.75, 3.05) is 59.5 Å². The van der Waals surface area contributed by atoms with Gasteiger partial charge in [-0.05, 0) is 88.7 Å². The van der Waals surface area contributed by atoms with Crippen LogP contribution in [0.2, 0.25) is 0 Å². The number of rotatable bonds is 19. The SMILES string of the molecule is CCCCOCCO.CCCCOCCOc1ccccc1OCCOCCCC.Ic1ccccc1I. The number of halogens is 2. The molecule has 218 valence electrons. The van der Waals surface area contributed by atoms with E-state index in [9.17, 15) is 0 Å². The molecule has 0 amide bonds. The Kier molecular flexibility index (Phi) is 28.8. The first-order valence-corrected chi connectivity index (χ1v) is 15.8. The number of ether oxygens (including phenoxy) is 5. The van der Waals surface area contributed by atoms with Gasteiger partial charge in [-0.25, -0.2) is 0 Å². The van der Waals surface area contributed by atoms with Crippen molar-refractivity contribution in [3.63, 3.8) is 0 Å². The second kappa shape index (κ2) is 29.3. The number of unbranched alkanes of at least 4 members (excludes halogenated alkanes) is 3. The molecule has 6 nitrogen and oxygen atoms in total. The molecular weight excluding hydrogens is 710 g/mol. The number of aliphatic hydroxyl groups is 1. The fourth-order valence-corrected chi connectivity index (χ4v) is 3.43. The maximum atomic E-state index is 8.24. The standard InChI is InChI=1S/C18H30O4.C6H4I2.C6H14O2/c1-3-5-11-19-13-15-21-17-9-7-8-10-18(17)22-16-14-20-12-6-4-2;7-5-3-1-2-4-6(5)8;1-2-3-5-8-6-4-7/h7-10H,3-6,11-16H2,1-2H3;1-4H;7H,2-6H2,1H3. The fourth-order valence-electron chi connectivity index (χ4n) is 2.66. The molecule has 0 fully saturated rings. The van der Waals surface area contributed by atoms with E-state index in [0.717, 1.165) is 69.8 Å². The van der Waals surface area contributed by atoms with Gasteiger partial charge in [-0.3, -0.25) is 0 Å². The van der Waals surface area contributed by atoms with Gasteiger partial charge in [-0.15, -0.1) is 0 Å². The summed E-state index contributed by atoms with van der Waals surface area (Å²) in [5.41, 5.74) is 0. The van der Waals surface area contributed by atoms with E-state index < -0.39 is 0 Å². The molecular formula is C30H48I2O6. The summed E-state index contributed by atoms with van der Waals surface area (Å²) in [4.78, 5) is 0. The molecule has 2 aromatic rings. The zero-order chi connectivity index (χ0) is 28.1. The molecule has 0 atom stereocenters. The summed E-state index contributed by atoms with van der Waals surface area (Å²) >= 11 is 4.63. The summed E-state index contributed by atoms with van der Waals surface area (Å²) in [5.74, 6) is 1.52. The Bertz CT molecular complexity index is 701. The Morgan fingerprint density at radius 2 is 0.895 bits per heavy atom. The third-order valence-corrected chi connectivity index (χ3v) is 7.72. The van der Waals surface area contributed by atoms with Crippen LogP contribution in [0.5, 0.6) is 11.5 Å². The highest BCUT2D eigenvalue weighted by Crippen LogP contribution is 2.26. The molecule has 0 aromatic heterocycles. The molecule has 2 aromatic carbocycles. The molecule has 0 aliphatic carbocycles. The molecule has 2 rings (SSSR count). The summed E-state index contributed by atoms with van der Waals surface area (Å²) in [6, 6.07) is 16.0. The molecule has 0 bridgehead atoms. The van der Waals surface area contributed by atoms with Crippen molar-refractivity contribution in [2.24, 2.45) is 0 Å². The average molecular weight is 759 g/mol. The van der Waals surface area contributed by atoms with E-state index in [1.54, 1.807) is 0 Å². The Morgan fingerprint density at radius 1 is 0.526 bits per heavy atom. The Hall–Kier alpha value is -0.660. The topological polar surface area (TPSA) is 66.4 Å². The summed E-state index contributed by atoms with van der Waals surface area (Å²) in [6.45, 7) is 11.7. The van der Waals surface area contributed by atoms with Gasteiger partial charge in [0.2, 0.25) is 0 Å². The van der Waals surface area contributed by atoms with Gasteiger partial charge in [0.25, 0.3) is 0 Å². The predicted molar refractivity (Wildman–Crippen MR) is 174 cm³/mol. The quantitative estimate of drug-likeness (QED) is 0.117. The normalized spacial score (nSPS) is 10.2. The van der Waals surface area contributed by atoms with Crippen LogP contribution >= 0.6 is 45.2 Å². The van der Waals surface area contributed by atoms with Crippen LogP contribution in [-0.2, 0) is 14.2 Å². The van der Waals surface area contributed by atoms with Crippen molar-refractivity contribution in [3.05, 3.63) is 55.7 Å². The van der Waals surface area contributed by atoms with Crippen LogP contribution in [0.25, 0.3) is 0 Å². The van der Waals surface area contributed by atoms with Crippen LogP contribution in [0, 0.1) is 7.14 Å². The van der Waals surface area contributed by atoms with Gasteiger partial charge in [0.15, 0.2) is 11.5 Å². The van der Waals surface area contributed by atoms with Crippen molar-refractivity contribution in [3.8, 4) is 11.5 Å². The zero-order valence-electron chi connectivity index (χ0n) is 23.5. The lowest BCUT2D eigenvalue weighted by atomic mass is 10.3. The molecule has 0 aliphatic heterocycles. The van der Waals surface area contributed by atoms with Gasteiger partial charge < -0.3 is 28.8 Å². The molecule has 0 aliphatic rings. The molecule has 0 heterocycles. The van der Waals surface area contributed by atoms with Crippen LogP contribution in [-0.4, -0.2) is 64.6 Å². The average Bonchev–Trinajstić information content (AvgIpc) is 2.94. The molecule has 1 N–H and O–H groups in total. The summed E-state index contributed by atoms with van der Waals surface area (Å²) in [6.07, 6.45) is 6.75. The van der Waals surface area contributed by atoms with Crippen LogP contribution in [0.15, 0.2) is 48.5 Å². The van der Waals surface area contributed by atoms with Crippen LogP contribution in [0.4, 0.5) is 0 Å². The first-order valence-electron chi connectivity index (χ1n) is 13.7. The maximum Gasteiger partial charge on any atom is 0.161 e. The van der Waals surface area contributed by atoms with Gasteiger partial charge in [-0.2, -0.15) is 0 Å². The van der Waals surface area contributed by atoms with Crippen molar-refractivity contribution in [2.45, 2.75) is 59.3 Å². The molecule has 0 spiro atoms. The minimum absolute atomic E-state index is 0.143. The first kappa shape index (κ1) is 37.3. The van der Waals surface area contributed by atoms with E-state index in [1.807, 2.05) is 36.4 Å². The number of aliphatic hydroxyl groups excluding tert-OH is 1. The van der Waals surface area contributed by atoms with Crippen LogP contribution in [0.1, 0.15) is 59.3 Å². The highest BCUT2D eigenvalue weighted by atomic mass is 127. The van der Waals surface area contributed by atoms with Crippen LogP contribution < -0.4 is 9.47 Å².